The third-order valence-corrected chi connectivity index (χ3v) is 6.30. The van der Waals surface area contributed by atoms with Gasteiger partial charge in [-0.25, -0.2) is 13.9 Å². The summed E-state index contributed by atoms with van der Waals surface area (Å²) in [6.07, 6.45) is -2.26. The van der Waals surface area contributed by atoms with Crippen LogP contribution in [0.4, 0.5) is 4.39 Å². The molecule has 0 spiro atoms. The van der Waals surface area contributed by atoms with E-state index in [2.05, 4.69) is 0 Å². The zero-order chi connectivity index (χ0) is 17.4. The van der Waals surface area contributed by atoms with Crippen molar-refractivity contribution in [3.05, 3.63) is 33.1 Å². The van der Waals surface area contributed by atoms with Crippen molar-refractivity contribution in [1.29, 1.82) is 0 Å². The van der Waals surface area contributed by atoms with E-state index in [9.17, 15) is 18.5 Å². The van der Waals surface area contributed by atoms with E-state index in [0.29, 0.717) is 0 Å². The zero-order valence-corrected chi connectivity index (χ0v) is 14.5. The quantitative estimate of drug-likeness (QED) is 0.787. The first-order valence-corrected chi connectivity index (χ1v) is 9.35. The van der Waals surface area contributed by atoms with Crippen LogP contribution in [0.25, 0.3) is 0 Å². The molecule has 0 bridgehead atoms. The number of alkyl halides is 1. The molecule has 2 rings (SSSR count). The molecule has 1 unspecified atom stereocenters. The molecule has 2 heterocycles. The van der Waals surface area contributed by atoms with E-state index < -0.39 is 42.5 Å². The first kappa shape index (κ1) is 18.4. The van der Waals surface area contributed by atoms with Crippen molar-refractivity contribution >= 4 is 18.1 Å². The minimum absolute atomic E-state index is 0.185. The van der Waals surface area contributed by atoms with Crippen LogP contribution in [-0.4, -0.2) is 47.2 Å². The Morgan fingerprint density at radius 1 is 1.52 bits per heavy atom. The largest absolute Gasteiger partial charge is 0.362 e. The number of nitrogens with zero attached hydrogens (tertiary/aromatic N) is 2. The summed E-state index contributed by atoms with van der Waals surface area (Å²) in [4.78, 5) is 24.9. The molecule has 130 valence electrons. The molecule has 1 fully saturated rings. The number of ether oxygens (including phenoxy) is 1. The van der Waals surface area contributed by atoms with Gasteiger partial charge in [-0.2, -0.15) is 0 Å². The summed E-state index contributed by atoms with van der Waals surface area (Å²) in [6.45, 7) is -2.08. The van der Waals surface area contributed by atoms with Gasteiger partial charge in [0.1, 0.15) is 0 Å². The zero-order valence-electron chi connectivity index (χ0n) is 12.8. The molecular formula is C12H18ClFN3O5P. The summed E-state index contributed by atoms with van der Waals surface area (Å²) in [5.41, 5.74) is -1.35. The molecule has 0 aromatic carbocycles. The number of aromatic nitrogens is 2. The van der Waals surface area contributed by atoms with Crippen molar-refractivity contribution in [2.45, 2.75) is 25.4 Å². The van der Waals surface area contributed by atoms with Gasteiger partial charge in [0.05, 0.1) is 12.7 Å². The predicted octanol–water partition coefficient (Wildman–Crippen LogP) is 1.33. The predicted molar refractivity (Wildman–Crippen MR) is 82.4 cm³/mol. The van der Waals surface area contributed by atoms with Gasteiger partial charge in [-0.05, 0) is 25.3 Å². The Morgan fingerprint density at radius 3 is 2.74 bits per heavy atom. The van der Waals surface area contributed by atoms with Crippen molar-refractivity contribution in [3.63, 3.8) is 0 Å². The van der Waals surface area contributed by atoms with E-state index in [0.717, 1.165) is 10.6 Å². The fourth-order valence-corrected chi connectivity index (χ4v) is 2.89. The van der Waals surface area contributed by atoms with Crippen molar-refractivity contribution in [2.75, 3.05) is 20.7 Å². The maximum atomic E-state index is 14.4. The molecule has 5 atom stereocenters. The molecule has 1 aliphatic rings. The lowest BCUT2D eigenvalue weighted by Crippen LogP contribution is -2.34. The fourth-order valence-electron chi connectivity index (χ4n) is 2.16. The topological polar surface area (TPSA) is 93.6 Å². The van der Waals surface area contributed by atoms with E-state index in [1.165, 1.54) is 25.0 Å². The highest BCUT2D eigenvalue weighted by Gasteiger charge is 2.44. The molecular weight excluding hydrogens is 352 g/mol. The molecule has 1 aromatic heterocycles. The van der Waals surface area contributed by atoms with Crippen LogP contribution in [0.1, 0.15) is 13.2 Å². The van der Waals surface area contributed by atoms with Gasteiger partial charge in [-0.3, -0.25) is 18.9 Å². The van der Waals surface area contributed by atoms with Crippen LogP contribution >= 0.6 is 18.1 Å². The van der Waals surface area contributed by atoms with Crippen molar-refractivity contribution in [2.24, 2.45) is 5.92 Å². The lowest BCUT2D eigenvalue weighted by Gasteiger charge is -2.21. The Bertz CT molecular complexity index is 723. The maximum Gasteiger partial charge on any atom is 0.362 e. The minimum atomic E-state index is -3.48. The van der Waals surface area contributed by atoms with E-state index >= 15 is 0 Å². The normalized spacial score (nSPS) is 30.5. The highest BCUT2D eigenvalue weighted by atomic mass is 35.7. The third-order valence-electron chi connectivity index (χ3n) is 3.68. The second-order valence-electron chi connectivity index (χ2n) is 5.48. The van der Waals surface area contributed by atoms with E-state index in [-0.39, 0.29) is 6.61 Å². The highest BCUT2D eigenvalue weighted by molar-refractivity contribution is 7.83. The summed E-state index contributed by atoms with van der Waals surface area (Å²) in [7, 11) is 2.99. The second kappa shape index (κ2) is 6.86. The van der Waals surface area contributed by atoms with E-state index in [4.69, 9.17) is 20.5 Å². The number of halogens is 2. The molecule has 23 heavy (non-hydrogen) atoms. The van der Waals surface area contributed by atoms with Crippen LogP contribution in [0.15, 0.2) is 21.9 Å². The van der Waals surface area contributed by atoms with Gasteiger partial charge < -0.3 is 9.26 Å². The van der Waals surface area contributed by atoms with Crippen LogP contribution in [0.5, 0.6) is 0 Å². The molecule has 1 N–H and O–H groups in total. The minimum Gasteiger partial charge on any atom is -0.349 e. The van der Waals surface area contributed by atoms with E-state index in [1.807, 2.05) is 4.98 Å². The Kier molecular flexibility index (Phi) is 5.48. The molecule has 0 radical (unpaired) electrons. The molecule has 1 aromatic rings. The highest BCUT2D eigenvalue weighted by Crippen LogP contribution is 2.54. The van der Waals surface area contributed by atoms with Crippen LogP contribution in [0.2, 0.25) is 0 Å². The molecule has 8 nitrogen and oxygen atoms in total. The summed E-state index contributed by atoms with van der Waals surface area (Å²) >= 11 is 5.74. The number of rotatable bonds is 5. The first-order chi connectivity index (χ1) is 10.6. The van der Waals surface area contributed by atoms with Gasteiger partial charge in [0.2, 0.25) is 0 Å². The van der Waals surface area contributed by atoms with Gasteiger partial charge in [-0.1, -0.05) is 6.92 Å². The van der Waals surface area contributed by atoms with Crippen LogP contribution in [-0.2, 0) is 13.8 Å². The molecule has 0 saturated carbocycles. The van der Waals surface area contributed by atoms with Crippen LogP contribution in [0, 0.1) is 5.92 Å². The van der Waals surface area contributed by atoms with Gasteiger partial charge >= 0.3 is 12.6 Å². The van der Waals surface area contributed by atoms with E-state index in [1.54, 1.807) is 6.92 Å². The number of H-pyrrole nitrogens is 1. The number of hydrogen-bond acceptors (Lipinski definition) is 5. The van der Waals surface area contributed by atoms with Gasteiger partial charge in [0.25, 0.3) is 5.56 Å². The Labute approximate surface area is 136 Å². The Morgan fingerprint density at radius 2 is 2.17 bits per heavy atom. The second-order valence-corrected chi connectivity index (χ2v) is 8.72. The monoisotopic (exact) mass is 369 g/mol. The summed E-state index contributed by atoms with van der Waals surface area (Å²) in [6, 6.07) is 1.10. The number of nitrogens with one attached hydrogen (secondary N) is 1. The van der Waals surface area contributed by atoms with Gasteiger partial charge in [0.15, 0.2) is 12.4 Å². The summed E-state index contributed by atoms with van der Waals surface area (Å²) in [5.74, 6) is -0.613. The number of hydrogen-bond donors (Lipinski definition) is 1. The lowest BCUT2D eigenvalue weighted by molar-refractivity contribution is -0.0379. The Hall–Kier alpha value is -0.990. The van der Waals surface area contributed by atoms with Crippen molar-refractivity contribution < 1.29 is 18.2 Å². The molecule has 1 saturated heterocycles. The maximum absolute atomic E-state index is 14.4. The van der Waals surface area contributed by atoms with Gasteiger partial charge in [0, 0.05) is 18.2 Å². The fraction of sp³-hybridized carbons (Fsp3) is 0.667. The average molecular weight is 370 g/mol. The molecule has 0 amide bonds. The molecule has 11 heteroatoms. The van der Waals surface area contributed by atoms with Crippen molar-refractivity contribution in [1.82, 2.24) is 14.2 Å². The summed E-state index contributed by atoms with van der Waals surface area (Å²) < 4.78 is 39.2. The van der Waals surface area contributed by atoms with Crippen molar-refractivity contribution in [3.8, 4) is 0 Å². The lowest BCUT2D eigenvalue weighted by atomic mass is 10.0. The van der Waals surface area contributed by atoms with Gasteiger partial charge in [-0.15, -0.1) is 0 Å². The Balaban J connectivity index is 2.14. The smallest absolute Gasteiger partial charge is 0.349 e. The summed E-state index contributed by atoms with van der Waals surface area (Å²) in [5, 5.41) is 0. The molecule has 0 aliphatic carbocycles. The first-order valence-electron chi connectivity index (χ1n) is 6.86. The standard InChI is InChI=1S/C12H18ClFN3O5P/c1-7-8(6-21-23(13,20)16(2)3)22-11(10(7)14)17-5-4-9(18)15-12(17)19/h4-5,7-8,10-11H,6H2,1-3H3,(H,15,18,19)/t7-,8-,10-,11-,23?/m1/s1. The van der Waals surface area contributed by atoms with Crippen LogP contribution in [0.3, 0.4) is 0 Å². The third kappa shape index (κ3) is 3.92. The average Bonchev–Trinajstić information content (AvgIpc) is 2.73. The molecule has 1 aliphatic heterocycles. The van der Waals surface area contributed by atoms with Crippen LogP contribution < -0.4 is 11.2 Å². The number of aromatic amines is 1. The SMILES string of the molecule is C[C@H]1[C@@H](F)[C@H](n2ccc(=O)[nH]c2=O)O[C@@H]1COP(=O)(Cl)N(C)C.